The standard InChI is InChI=1S/C31H36N4O6/c1-17(2)15-25(35-30(40)31(41)22-9-5-3-7-20(22)21-8-4-6-10-23(21)31)28(38)34-24(16-18-13-14-32-27(18)37)26(36)29(39)33-19-11-12-19/h3-10,17-19,24-25,41H,11-16H2,1-2H3,(H,32,37)(H,33,39)(H,34,38)(H,35,40)/t18-,24+,25-/m1/s1. The summed E-state index contributed by atoms with van der Waals surface area (Å²) in [6.07, 6.45) is 2.26. The molecular formula is C31H36N4O6. The average Bonchev–Trinajstić information content (AvgIpc) is 3.62. The molecule has 0 unspecified atom stereocenters. The molecule has 1 saturated heterocycles. The van der Waals surface area contributed by atoms with Crippen molar-refractivity contribution < 1.29 is 29.1 Å². The van der Waals surface area contributed by atoms with Crippen LogP contribution in [0.5, 0.6) is 0 Å². The number of Topliss-reactive ketones (excluding diaryl/α,β-unsaturated/α-hetero) is 1. The lowest BCUT2D eigenvalue weighted by Crippen LogP contribution is -2.57. The second kappa shape index (κ2) is 11.4. The fourth-order valence-electron chi connectivity index (χ4n) is 5.72. The Hall–Kier alpha value is -4.05. The Morgan fingerprint density at radius 2 is 1.54 bits per heavy atom. The molecule has 2 fully saturated rings. The van der Waals surface area contributed by atoms with E-state index in [-0.39, 0.29) is 30.7 Å². The number of amides is 4. The Labute approximate surface area is 238 Å². The number of nitrogens with one attached hydrogen (secondary N) is 4. The fourth-order valence-corrected chi connectivity index (χ4v) is 5.72. The minimum Gasteiger partial charge on any atom is -0.372 e. The van der Waals surface area contributed by atoms with Gasteiger partial charge >= 0.3 is 0 Å². The molecule has 2 aromatic carbocycles. The zero-order chi connectivity index (χ0) is 29.3. The van der Waals surface area contributed by atoms with E-state index in [1.807, 2.05) is 38.1 Å². The second-order valence-corrected chi connectivity index (χ2v) is 11.6. The zero-order valence-electron chi connectivity index (χ0n) is 23.2. The molecule has 3 atom stereocenters. The van der Waals surface area contributed by atoms with Crippen molar-refractivity contribution in [2.24, 2.45) is 11.8 Å². The maximum Gasteiger partial charge on any atom is 0.289 e. The Kier molecular flexibility index (Phi) is 7.95. The van der Waals surface area contributed by atoms with Gasteiger partial charge < -0.3 is 26.4 Å². The topological polar surface area (TPSA) is 154 Å². The molecule has 41 heavy (non-hydrogen) atoms. The van der Waals surface area contributed by atoms with Gasteiger partial charge in [0, 0.05) is 29.6 Å². The van der Waals surface area contributed by atoms with Crippen LogP contribution in [-0.2, 0) is 29.6 Å². The van der Waals surface area contributed by atoms with Gasteiger partial charge in [0.1, 0.15) is 6.04 Å². The molecule has 3 aliphatic rings. The molecule has 0 aromatic heterocycles. The molecule has 216 valence electrons. The van der Waals surface area contributed by atoms with Crippen LogP contribution < -0.4 is 21.3 Å². The molecule has 4 amide bonds. The van der Waals surface area contributed by atoms with Crippen LogP contribution >= 0.6 is 0 Å². The average molecular weight is 561 g/mol. The number of benzene rings is 2. The molecule has 5 rings (SSSR count). The summed E-state index contributed by atoms with van der Waals surface area (Å²) < 4.78 is 0. The van der Waals surface area contributed by atoms with E-state index in [9.17, 15) is 29.1 Å². The van der Waals surface area contributed by atoms with Gasteiger partial charge in [0.2, 0.25) is 17.6 Å². The molecule has 0 radical (unpaired) electrons. The highest BCUT2D eigenvalue weighted by Crippen LogP contribution is 2.47. The van der Waals surface area contributed by atoms with Gasteiger partial charge in [0.15, 0.2) is 5.60 Å². The summed E-state index contributed by atoms with van der Waals surface area (Å²) in [5.41, 5.74) is 0.267. The van der Waals surface area contributed by atoms with E-state index in [0.717, 1.165) is 24.0 Å². The summed E-state index contributed by atoms with van der Waals surface area (Å²) >= 11 is 0. The molecule has 10 heteroatoms. The van der Waals surface area contributed by atoms with Gasteiger partial charge in [-0.1, -0.05) is 62.4 Å². The SMILES string of the molecule is CC(C)C[C@@H](NC(=O)C1(O)c2ccccc2-c2ccccc21)C(=O)N[C@@H](C[C@H]1CCNC1=O)C(=O)C(=O)NC1CC1. The van der Waals surface area contributed by atoms with Crippen molar-refractivity contribution >= 4 is 29.4 Å². The predicted octanol–water partition coefficient (Wildman–Crippen LogP) is 1.29. The van der Waals surface area contributed by atoms with Crippen molar-refractivity contribution in [3.8, 4) is 11.1 Å². The smallest absolute Gasteiger partial charge is 0.289 e. The van der Waals surface area contributed by atoms with Gasteiger partial charge in [-0.05, 0) is 49.1 Å². The minimum absolute atomic E-state index is 0.0263. The third-order valence-electron chi connectivity index (χ3n) is 8.03. The summed E-state index contributed by atoms with van der Waals surface area (Å²) in [4.78, 5) is 65.5. The third-order valence-corrected chi connectivity index (χ3v) is 8.03. The van der Waals surface area contributed by atoms with Crippen LogP contribution in [0.15, 0.2) is 48.5 Å². The number of rotatable bonds is 11. The number of ketones is 1. The van der Waals surface area contributed by atoms with Gasteiger partial charge in [-0.25, -0.2) is 0 Å². The first-order valence-electron chi connectivity index (χ1n) is 14.2. The molecule has 1 heterocycles. The summed E-state index contributed by atoms with van der Waals surface area (Å²) in [6, 6.07) is 11.8. The largest absolute Gasteiger partial charge is 0.372 e. The molecular weight excluding hydrogens is 524 g/mol. The number of carbonyl (C=O) groups excluding carboxylic acids is 5. The second-order valence-electron chi connectivity index (χ2n) is 11.6. The van der Waals surface area contributed by atoms with Gasteiger partial charge in [-0.2, -0.15) is 0 Å². The van der Waals surface area contributed by atoms with E-state index >= 15 is 0 Å². The number of fused-ring (bicyclic) bond motifs is 3. The highest BCUT2D eigenvalue weighted by molar-refractivity contribution is 6.38. The van der Waals surface area contributed by atoms with Gasteiger partial charge in [0.25, 0.3) is 11.8 Å². The van der Waals surface area contributed by atoms with Crippen molar-refractivity contribution in [2.45, 2.75) is 69.7 Å². The monoisotopic (exact) mass is 560 g/mol. The summed E-state index contributed by atoms with van der Waals surface area (Å²) in [7, 11) is 0. The first-order valence-corrected chi connectivity index (χ1v) is 14.2. The summed E-state index contributed by atoms with van der Waals surface area (Å²) in [5.74, 6) is -3.83. The van der Waals surface area contributed by atoms with E-state index in [2.05, 4.69) is 21.3 Å². The Morgan fingerprint density at radius 3 is 2.07 bits per heavy atom. The van der Waals surface area contributed by atoms with E-state index in [0.29, 0.717) is 24.1 Å². The fraction of sp³-hybridized carbons (Fsp3) is 0.452. The van der Waals surface area contributed by atoms with Crippen LogP contribution in [0.4, 0.5) is 0 Å². The number of carbonyl (C=O) groups is 5. The minimum atomic E-state index is -2.02. The van der Waals surface area contributed by atoms with Crippen molar-refractivity contribution in [1.29, 1.82) is 0 Å². The van der Waals surface area contributed by atoms with E-state index in [1.54, 1.807) is 24.3 Å². The first kappa shape index (κ1) is 28.5. The number of aliphatic hydroxyl groups is 1. The molecule has 1 saturated carbocycles. The molecule has 10 nitrogen and oxygen atoms in total. The van der Waals surface area contributed by atoms with Crippen molar-refractivity contribution in [1.82, 2.24) is 21.3 Å². The summed E-state index contributed by atoms with van der Waals surface area (Å²) in [5, 5.41) is 22.7. The van der Waals surface area contributed by atoms with Crippen LogP contribution in [0, 0.1) is 11.8 Å². The Morgan fingerprint density at radius 1 is 0.927 bits per heavy atom. The summed E-state index contributed by atoms with van der Waals surface area (Å²) in [6.45, 7) is 4.23. The molecule has 1 aliphatic heterocycles. The van der Waals surface area contributed by atoms with E-state index in [4.69, 9.17) is 0 Å². The highest BCUT2D eigenvalue weighted by atomic mass is 16.3. The van der Waals surface area contributed by atoms with Crippen molar-refractivity contribution in [3.63, 3.8) is 0 Å². The van der Waals surface area contributed by atoms with Crippen LogP contribution in [-0.4, -0.2) is 59.2 Å². The predicted molar refractivity (Wildman–Crippen MR) is 150 cm³/mol. The number of hydrogen-bond donors (Lipinski definition) is 5. The van der Waals surface area contributed by atoms with Crippen molar-refractivity contribution in [3.05, 3.63) is 59.7 Å². The Balaban J connectivity index is 1.38. The number of hydrogen-bond acceptors (Lipinski definition) is 6. The van der Waals surface area contributed by atoms with Crippen LogP contribution in [0.25, 0.3) is 11.1 Å². The van der Waals surface area contributed by atoms with E-state index in [1.165, 1.54) is 0 Å². The van der Waals surface area contributed by atoms with Gasteiger partial charge in [-0.3, -0.25) is 24.0 Å². The van der Waals surface area contributed by atoms with Crippen LogP contribution in [0.1, 0.15) is 57.1 Å². The Bertz CT molecular complexity index is 1340. The van der Waals surface area contributed by atoms with Gasteiger partial charge in [0.05, 0.1) is 6.04 Å². The van der Waals surface area contributed by atoms with Crippen LogP contribution in [0.2, 0.25) is 0 Å². The van der Waals surface area contributed by atoms with Gasteiger partial charge in [-0.15, -0.1) is 0 Å². The highest BCUT2D eigenvalue weighted by Gasteiger charge is 2.48. The third kappa shape index (κ3) is 5.74. The van der Waals surface area contributed by atoms with E-state index < -0.39 is 47.1 Å². The first-order chi connectivity index (χ1) is 19.6. The zero-order valence-corrected chi connectivity index (χ0v) is 23.2. The quantitative estimate of drug-likeness (QED) is 0.261. The van der Waals surface area contributed by atoms with Crippen LogP contribution in [0.3, 0.4) is 0 Å². The molecule has 5 N–H and O–H groups in total. The molecule has 0 bridgehead atoms. The molecule has 0 spiro atoms. The van der Waals surface area contributed by atoms with Crippen molar-refractivity contribution in [2.75, 3.05) is 6.54 Å². The maximum absolute atomic E-state index is 13.8. The lowest BCUT2D eigenvalue weighted by Gasteiger charge is -2.29. The maximum atomic E-state index is 13.8. The lowest BCUT2D eigenvalue weighted by molar-refractivity contribution is -0.142. The molecule has 2 aliphatic carbocycles. The lowest BCUT2D eigenvalue weighted by atomic mass is 9.89. The normalized spacial score (nSPS) is 19.9. The molecule has 2 aromatic rings.